The number of nitrogens with zero attached hydrogens (tertiary/aromatic N) is 1. The number of benzene rings is 1. The van der Waals surface area contributed by atoms with E-state index in [0.717, 1.165) is 31.7 Å². The predicted molar refractivity (Wildman–Crippen MR) is 82.7 cm³/mol. The largest absolute Gasteiger partial charge is 0.497 e. The number of piperazine rings is 1. The molecule has 0 aromatic heterocycles. The monoisotopic (exact) mass is 338 g/mol. The van der Waals surface area contributed by atoms with Gasteiger partial charge in [-0.1, -0.05) is 12.1 Å². The second-order valence-electron chi connectivity index (χ2n) is 5.23. The number of nitrogens with one attached hydrogen (secondary N) is 1. The summed E-state index contributed by atoms with van der Waals surface area (Å²) in [6.07, 6.45) is -4.80. The number of ether oxygens (including phenoxy) is 1. The molecule has 126 valence electrons. The number of hydrogen-bond acceptors (Lipinski definition) is 3. The molecule has 0 amide bonds. The number of hydrogen-bond donors (Lipinski definition) is 1. The van der Waals surface area contributed by atoms with Crippen LogP contribution in [0.4, 0.5) is 13.2 Å². The predicted octanol–water partition coefficient (Wildman–Crippen LogP) is 3.41. The van der Waals surface area contributed by atoms with Crippen LogP contribution in [0.25, 0.3) is 0 Å². The Balaban J connectivity index is 0.00000242. The van der Waals surface area contributed by atoms with Crippen LogP contribution in [0.5, 0.6) is 5.75 Å². The maximum Gasteiger partial charge on any atom is 0.389 e. The minimum absolute atomic E-state index is 0. The molecule has 0 aliphatic carbocycles. The molecule has 0 bridgehead atoms. The van der Waals surface area contributed by atoms with Gasteiger partial charge >= 0.3 is 6.18 Å². The lowest BCUT2D eigenvalue weighted by Crippen LogP contribution is -2.45. The van der Waals surface area contributed by atoms with Crippen molar-refractivity contribution >= 4 is 12.4 Å². The highest BCUT2D eigenvalue weighted by molar-refractivity contribution is 5.85. The van der Waals surface area contributed by atoms with Crippen molar-refractivity contribution in [3.05, 3.63) is 29.8 Å². The van der Waals surface area contributed by atoms with Crippen LogP contribution in [0.1, 0.15) is 24.4 Å². The molecule has 0 radical (unpaired) electrons. The zero-order valence-corrected chi connectivity index (χ0v) is 13.3. The summed E-state index contributed by atoms with van der Waals surface area (Å²) in [7, 11) is 1.56. The normalized spacial score (nSPS) is 17.6. The molecule has 1 aliphatic heterocycles. The minimum atomic E-state index is -4.12. The first kappa shape index (κ1) is 19.1. The molecular weight excluding hydrogens is 317 g/mol. The summed E-state index contributed by atoms with van der Waals surface area (Å²) in [6, 6.07) is 7.14. The van der Waals surface area contributed by atoms with Gasteiger partial charge in [-0.05, 0) is 24.1 Å². The average Bonchev–Trinajstić information content (AvgIpc) is 2.48. The lowest BCUT2D eigenvalue weighted by Gasteiger charge is -2.35. The molecule has 1 aromatic carbocycles. The fraction of sp³-hybridized carbons (Fsp3) is 0.600. The average molecular weight is 339 g/mol. The Hall–Kier alpha value is -0.980. The van der Waals surface area contributed by atoms with Gasteiger partial charge in [0.15, 0.2) is 0 Å². The third kappa shape index (κ3) is 5.66. The van der Waals surface area contributed by atoms with Crippen molar-refractivity contribution in [2.75, 3.05) is 33.3 Å². The van der Waals surface area contributed by atoms with Crippen molar-refractivity contribution in [1.29, 1.82) is 0 Å². The Morgan fingerprint density at radius 2 is 1.95 bits per heavy atom. The van der Waals surface area contributed by atoms with Gasteiger partial charge in [0, 0.05) is 38.6 Å². The molecule has 1 aromatic rings. The minimum Gasteiger partial charge on any atom is -0.497 e. The molecule has 1 N–H and O–H groups in total. The lowest BCUT2D eigenvalue weighted by atomic mass is 9.99. The van der Waals surface area contributed by atoms with Crippen LogP contribution in [0.3, 0.4) is 0 Å². The van der Waals surface area contributed by atoms with Crippen molar-refractivity contribution in [2.24, 2.45) is 0 Å². The number of halogens is 4. The zero-order chi connectivity index (χ0) is 15.3. The van der Waals surface area contributed by atoms with E-state index in [9.17, 15) is 13.2 Å². The van der Waals surface area contributed by atoms with Gasteiger partial charge in [-0.25, -0.2) is 0 Å². The molecule has 1 heterocycles. The van der Waals surface area contributed by atoms with E-state index in [1.54, 1.807) is 7.11 Å². The van der Waals surface area contributed by atoms with Crippen LogP contribution in [0.2, 0.25) is 0 Å². The molecule has 1 aliphatic rings. The smallest absolute Gasteiger partial charge is 0.389 e. The maximum atomic E-state index is 12.6. The van der Waals surface area contributed by atoms with Gasteiger partial charge in [0.2, 0.25) is 0 Å². The summed E-state index contributed by atoms with van der Waals surface area (Å²) in [5.74, 6) is 0.680. The van der Waals surface area contributed by atoms with E-state index in [1.807, 2.05) is 24.3 Å². The Kier molecular flexibility index (Phi) is 7.45. The first-order chi connectivity index (χ1) is 9.99. The number of methoxy groups -OCH3 is 1. The summed E-state index contributed by atoms with van der Waals surface area (Å²) in [6.45, 7) is 3.15. The van der Waals surface area contributed by atoms with Crippen molar-refractivity contribution in [3.63, 3.8) is 0 Å². The van der Waals surface area contributed by atoms with Crippen LogP contribution in [0, 0.1) is 0 Å². The Labute approximate surface area is 135 Å². The SMILES string of the molecule is COc1cccc([C@@H](CCC(F)(F)F)N2CCNCC2)c1.Cl. The van der Waals surface area contributed by atoms with E-state index in [1.165, 1.54) is 0 Å². The van der Waals surface area contributed by atoms with E-state index in [2.05, 4.69) is 10.2 Å². The topological polar surface area (TPSA) is 24.5 Å². The second kappa shape index (κ2) is 8.60. The standard InChI is InChI=1S/C15H21F3N2O.ClH/c1-21-13-4-2-3-12(11-13)14(5-6-15(16,17)18)20-9-7-19-8-10-20;/h2-4,11,14,19H,5-10H2,1H3;1H/t14-;/m1./s1. The van der Waals surface area contributed by atoms with Crippen LogP contribution in [-0.4, -0.2) is 44.4 Å². The summed E-state index contributed by atoms with van der Waals surface area (Å²) in [5.41, 5.74) is 0.889. The summed E-state index contributed by atoms with van der Waals surface area (Å²) < 4.78 is 43.0. The first-order valence-electron chi connectivity index (χ1n) is 7.15. The Morgan fingerprint density at radius 1 is 1.27 bits per heavy atom. The third-order valence-corrected chi connectivity index (χ3v) is 3.77. The molecule has 0 unspecified atom stereocenters. The highest BCUT2D eigenvalue weighted by atomic mass is 35.5. The fourth-order valence-corrected chi connectivity index (χ4v) is 2.70. The molecule has 0 spiro atoms. The Morgan fingerprint density at radius 3 is 2.55 bits per heavy atom. The summed E-state index contributed by atoms with van der Waals surface area (Å²) >= 11 is 0. The van der Waals surface area contributed by atoms with Crippen LogP contribution in [-0.2, 0) is 0 Å². The van der Waals surface area contributed by atoms with Crippen LogP contribution < -0.4 is 10.1 Å². The van der Waals surface area contributed by atoms with E-state index >= 15 is 0 Å². The molecule has 22 heavy (non-hydrogen) atoms. The molecule has 7 heteroatoms. The van der Waals surface area contributed by atoms with Gasteiger partial charge in [0.05, 0.1) is 7.11 Å². The molecule has 3 nitrogen and oxygen atoms in total. The lowest BCUT2D eigenvalue weighted by molar-refractivity contribution is -0.138. The molecule has 1 atom stereocenters. The van der Waals surface area contributed by atoms with Gasteiger partial charge in [-0.15, -0.1) is 12.4 Å². The van der Waals surface area contributed by atoms with Crippen molar-refractivity contribution in [1.82, 2.24) is 10.2 Å². The second-order valence-corrected chi connectivity index (χ2v) is 5.23. The first-order valence-corrected chi connectivity index (χ1v) is 7.15. The Bertz CT molecular complexity index is 451. The fourth-order valence-electron chi connectivity index (χ4n) is 2.70. The highest BCUT2D eigenvalue weighted by Crippen LogP contribution is 2.32. The number of alkyl halides is 3. The third-order valence-electron chi connectivity index (χ3n) is 3.77. The molecule has 1 saturated heterocycles. The van der Waals surface area contributed by atoms with Gasteiger partial charge in [0.25, 0.3) is 0 Å². The van der Waals surface area contributed by atoms with E-state index in [4.69, 9.17) is 4.74 Å². The van der Waals surface area contributed by atoms with Crippen molar-refractivity contribution in [3.8, 4) is 5.75 Å². The molecule has 1 fully saturated rings. The van der Waals surface area contributed by atoms with Gasteiger partial charge < -0.3 is 10.1 Å². The highest BCUT2D eigenvalue weighted by Gasteiger charge is 2.31. The van der Waals surface area contributed by atoms with Crippen LogP contribution in [0.15, 0.2) is 24.3 Å². The van der Waals surface area contributed by atoms with Crippen molar-refractivity contribution in [2.45, 2.75) is 25.1 Å². The maximum absolute atomic E-state index is 12.6. The molecular formula is C15H22ClF3N2O. The van der Waals surface area contributed by atoms with E-state index in [0.29, 0.717) is 5.75 Å². The summed E-state index contributed by atoms with van der Waals surface area (Å²) in [5, 5.41) is 3.23. The van der Waals surface area contributed by atoms with E-state index < -0.39 is 12.6 Å². The van der Waals surface area contributed by atoms with Gasteiger partial charge in [-0.3, -0.25) is 4.90 Å². The van der Waals surface area contributed by atoms with Crippen molar-refractivity contribution < 1.29 is 17.9 Å². The van der Waals surface area contributed by atoms with Crippen LogP contribution >= 0.6 is 12.4 Å². The van der Waals surface area contributed by atoms with Gasteiger partial charge in [-0.2, -0.15) is 13.2 Å². The van der Waals surface area contributed by atoms with E-state index in [-0.39, 0.29) is 24.9 Å². The molecule has 2 rings (SSSR count). The summed E-state index contributed by atoms with van der Waals surface area (Å²) in [4.78, 5) is 2.12. The molecule has 0 saturated carbocycles. The number of rotatable bonds is 5. The quantitative estimate of drug-likeness (QED) is 0.890. The zero-order valence-electron chi connectivity index (χ0n) is 12.5. The van der Waals surface area contributed by atoms with Gasteiger partial charge in [0.1, 0.15) is 5.75 Å².